The van der Waals surface area contributed by atoms with Crippen LogP contribution < -0.4 is 14.2 Å². The summed E-state index contributed by atoms with van der Waals surface area (Å²) < 4.78 is 38.0. The van der Waals surface area contributed by atoms with Crippen LogP contribution in [-0.4, -0.2) is 28.7 Å². The van der Waals surface area contributed by atoms with Crippen molar-refractivity contribution in [2.24, 2.45) is 0 Å². The van der Waals surface area contributed by atoms with Crippen LogP contribution in [0, 0.1) is 0 Å². The fourth-order valence-corrected chi connectivity index (χ4v) is 2.15. The SMILES string of the molecule is COc1cc(S(=O)(=O)Cl)cc2c1OCCO2. The lowest BCUT2D eigenvalue weighted by molar-refractivity contribution is 0.164. The van der Waals surface area contributed by atoms with Crippen LogP contribution in [0.1, 0.15) is 0 Å². The van der Waals surface area contributed by atoms with Gasteiger partial charge in [-0.25, -0.2) is 8.42 Å². The molecule has 1 aliphatic heterocycles. The summed E-state index contributed by atoms with van der Waals surface area (Å²) in [5.74, 6) is 1.01. The number of hydrogen-bond donors (Lipinski definition) is 0. The van der Waals surface area contributed by atoms with E-state index in [1.54, 1.807) is 0 Å². The minimum absolute atomic E-state index is 0.0738. The summed E-state index contributed by atoms with van der Waals surface area (Å²) in [6, 6.07) is 2.62. The van der Waals surface area contributed by atoms with E-state index in [1.807, 2.05) is 0 Å². The summed E-state index contributed by atoms with van der Waals surface area (Å²) in [6.45, 7) is 0.762. The van der Waals surface area contributed by atoms with E-state index in [0.717, 1.165) is 0 Å². The van der Waals surface area contributed by atoms with Crippen molar-refractivity contribution >= 4 is 19.7 Å². The van der Waals surface area contributed by atoms with Crippen LogP contribution in [-0.2, 0) is 9.05 Å². The molecule has 1 aromatic rings. The van der Waals surface area contributed by atoms with Crippen molar-refractivity contribution in [1.29, 1.82) is 0 Å². The van der Waals surface area contributed by atoms with Crippen molar-refractivity contribution in [3.05, 3.63) is 12.1 Å². The zero-order valence-corrected chi connectivity index (χ0v) is 9.97. The predicted octanol–water partition coefficient (Wildman–Crippen LogP) is 1.39. The van der Waals surface area contributed by atoms with Crippen molar-refractivity contribution in [1.82, 2.24) is 0 Å². The molecule has 0 radical (unpaired) electrons. The van der Waals surface area contributed by atoms with Gasteiger partial charge in [0.15, 0.2) is 11.5 Å². The van der Waals surface area contributed by atoms with Crippen LogP contribution in [0.25, 0.3) is 0 Å². The van der Waals surface area contributed by atoms with Crippen LogP contribution >= 0.6 is 10.7 Å². The standard InChI is InChI=1S/C9H9ClO5S/c1-13-7-4-6(16(10,11)12)5-8-9(7)15-3-2-14-8/h4-5H,2-3H2,1H3. The second-order valence-electron chi connectivity index (χ2n) is 3.09. The summed E-state index contributed by atoms with van der Waals surface area (Å²) in [6.07, 6.45) is 0. The molecule has 5 nitrogen and oxygen atoms in total. The van der Waals surface area contributed by atoms with E-state index in [4.69, 9.17) is 24.9 Å². The second kappa shape index (κ2) is 4.03. The Labute approximate surface area is 97.3 Å². The smallest absolute Gasteiger partial charge is 0.261 e. The molecule has 0 spiro atoms. The quantitative estimate of drug-likeness (QED) is 0.756. The number of methoxy groups -OCH3 is 1. The molecule has 0 saturated heterocycles. The monoisotopic (exact) mass is 264 g/mol. The zero-order valence-electron chi connectivity index (χ0n) is 8.40. The lowest BCUT2D eigenvalue weighted by Crippen LogP contribution is -2.16. The molecule has 16 heavy (non-hydrogen) atoms. The molecule has 1 aliphatic rings. The highest BCUT2D eigenvalue weighted by molar-refractivity contribution is 8.13. The largest absolute Gasteiger partial charge is 0.493 e. The highest BCUT2D eigenvalue weighted by Gasteiger charge is 2.22. The van der Waals surface area contributed by atoms with Crippen LogP contribution in [0.3, 0.4) is 0 Å². The highest BCUT2D eigenvalue weighted by atomic mass is 35.7. The third-order valence-electron chi connectivity index (χ3n) is 2.08. The average Bonchev–Trinajstić information content (AvgIpc) is 2.26. The van der Waals surface area contributed by atoms with Gasteiger partial charge in [-0.2, -0.15) is 0 Å². The van der Waals surface area contributed by atoms with Gasteiger partial charge in [0, 0.05) is 22.8 Å². The van der Waals surface area contributed by atoms with E-state index in [0.29, 0.717) is 24.7 Å². The molecular formula is C9H9ClO5S. The Morgan fingerprint density at radius 1 is 1.31 bits per heavy atom. The van der Waals surface area contributed by atoms with Gasteiger partial charge < -0.3 is 14.2 Å². The maximum atomic E-state index is 11.2. The van der Waals surface area contributed by atoms with E-state index in [2.05, 4.69) is 0 Å². The Morgan fingerprint density at radius 2 is 2.00 bits per heavy atom. The summed E-state index contributed by atoms with van der Waals surface area (Å²) in [7, 11) is 2.85. The number of rotatable bonds is 2. The minimum atomic E-state index is -3.81. The van der Waals surface area contributed by atoms with Crippen molar-refractivity contribution in [3.63, 3.8) is 0 Å². The molecule has 1 aromatic carbocycles. The van der Waals surface area contributed by atoms with Gasteiger partial charge in [0.1, 0.15) is 13.2 Å². The summed E-state index contributed by atoms with van der Waals surface area (Å²) in [5.41, 5.74) is 0. The molecule has 0 aromatic heterocycles. The Bertz CT molecular complexity index is 494. The molecule has 0 aliphatic carbocycles. The van der Waals surface area contributed by atoms with Crippen molar-refractivity contribution < 1.29 is 22.6 Å². The Kier molecular flexibility index (Phi) is 2.86. The molecule has 0 amide bonds. The van der Waals surface area contributed by atoms with E-state index in [9.17, 15) is 8.42 Å². The summed E-state index contributed by atoms with van der Waals surface area (Å²) in [4.78, 5) is -0.0738. The van der Waals surface area contributed by atoms with Gasteiger partial charge in [-0.3, -0.25) is 0 Å². The van der Waals surface area contributed by atoms with Gasteiger partial charge in [0.25, 0.3) is 9.05 Å². The van der Waals surface area contributed by atoms with E-state index in [1.165, 1.54) is 19.2 Å². The summed E-state index contributed by atoms with van der Waals surface area (Å²) >= 11 is 0. The topological polar surface area (TPSA) is 61.8 Å². The first-order valence-corrected chi connectivity index (χ1v) is 6.75. The van der Waals surface area contributed by atoms with Gasteiger partial charge in [-0.15, -0.1) is 0 Å². The van der Waals surface area contributed by atoms with E-state index < -0.39 is 9.05 Å². The second-order valence-corrected chi connectivity index (χ2v) is 5.65. The van der Waals surface area contributed by atoms with Gasteiger partial charge >= 0.3 is 0 Å². The third kappa shape index (κ3) is 2.03. The Balaban J connectivity index is 2.61. The first-order valence-electron chi connectivity index (χ1n) is 4.44. The molecule has 0 fully saturated rings. The minimum Gasteiger partial charge on any atom is -0.493 e. The fourth-order valence-electron chi connectivity index (χ4n) is 1.39. The molecule has 2 rings (SSSR count). The summed E-state index contributed by atoms with van der Waals surface area (Å²) in [5, 5.41) is 0. The highest BCUT2D eigenvalue weighted by Crippen LogP contribution is 2.41. The van der Waals surface area contributed by atoms with E-state index >= 15 is 0 Å². The molecule has 88 valence electrons. The number of ether oxygens (including phenoxy) is 3. The zero-order chi connectivity index (χ0) is 11.8. The van der Waals surface area contributed by atoms with Gasteiger partial charge in [0.2, 0.25) is 5.75 Å². The maximum Gasteiger partial charge on any atom is 0.261 e. The average molecular weight is 265 g/mol. The first kappa shape index (κ1) is 11.3. The van der Waals surface area contributed by atoms with Gasteiger partial charge in [-0.05, 0) is 0 Å². The maximum absolute atomic E-state index is 11.2. The molecule has 1 heterocycles. The Morgan fingerprint density at radius 3 is 2.62 bits per heavy atom. The molecule has 0 saturated carbocycles. The van der Waals surface area contributed by atoms with Crippen LogP contribution in [0.2, 0.25) is 0 Å². The van der Waals surface area contributed by atoms with Crippen LogP contribution in [0.4, 0.5) is 0 Å². The molecule has 0 N–H and O–H groups in total. The van der Waals surface area contributed by atoms with Gasteiger partial charge in [-0.1, -0.05) is 0 Å². The number of fused-ring (bicyclic) bond motifs is 1. The van der Waals surface area contributed by atoms with E-state index in [-0.39, 0.29) is 10.6 Å². The molecule has 7 heteroatoms. The number of benzene rings is 1. The Hall–Kier alpha value is -1.14. The molecular weight excluding hydrogens is 256 g/mol. The third-order valence-corrected chi connectivity index (χ3v) is 3.42. The fraction of sp³-hybridized carbons (Fsp3) is 0.333. The normalized spacial score (nSPS) is 14.6. The van der Waals surface area contributed by atoms with Crippen molar-refractivity contribution in [2.45, 2.75) is 4.90 Å². The lowest BCUT2D eigenvalue weighted by Gasteiger charge is -2.20. The van der Waals surface area contributed by atoms with Crippen LogP contribution in [0.5, 0.6) is 17.2 Å². The van der Waals surface area contributed by atoms with Crippen molar-refractivity contribution in [3.8, 4) is 17.2 Å². The molecule has 0 bridgehead atoms. The molecule has 0 atom stereocenters. The van der Waals surface area contributed by atoms with Crippen molar-refractivity contribution in [2.75, 3.05) is 20.3 Å². The predicted molar refractivity (Wildman–Crippen MR) is 57.0 cm³/mol. The van der Waals surface area contributed by atoms with Crippen LogP contribution in [0.15, 0.2) is 17.0 Å². The number of hydrogen-bond acceptors (Lipinski definition) is 5. The first-order chi connectivity index (χ1) is 7.52. The lowest BCUT2D eigenvalue weighted by atomic mass is 10.3. The number of halogens is 1. The van der Waals surface area contributed by atoms with Gasteiger partial charge in [0.05, 0.1) is 12.0 Å². The molecule has 0 unspecified atom stereocenters.